The Bertz CT molecular complexity index is 493. The Kier molecular flexibility index (Phi) is 4.97. The van der Waals surface area contributed by atoms with E-state index in [4.69, 9.17) is 22.1 Å². The molecule has 104 valence electrons. The number of amides is 1. The predicted octanol–water partition coefficient (Wildman–Crippen LogP) is 3.66. The van der Waals surface area contributed by atoms with Crippen LogP contribution in [0.5, 0.6) is 0 Å². The van der Waals surface area contributed by atoms with Gasteiger partial charge in [-0.2, -0.15) is 0 Å². The zero-order valence-electron chi connectivity index (χ0n) is 11.4. The van der Waals surface area contributed by atoms with Gasteiger partial charge in [0.05, 0.1) is 10.7 Å². The fourth-order valence-electron chi connectivity index (χ4n) is 1.37. The number of rotatable bonds is 3. The molecule has 1 amide bonds. The van der Waals surface area contributed by atoms with Crippen molar-refractivity contribution < 1.29 is 9.53 Å². The SMILES string of the molecule is C=C(CN)c1ccc(Cl)c(NC(=O)OC(C)(C)C)c1. The Morgan fingerprint density at radius 2 is 2.11 bits per heavy atom. The van der Waals surface area contributed by atoms with Gasteiger partial charge >= 0.3 is 6.09 Å². The molecule has 0 spiro atoms. The quantitative estimate of drug-likeness (QED) is 0.889. The number of anilines is 1. The lowest BCUT2D eigenvalue weighted by molar-refractivity contribution is 0.0636. The Morgan fingerprint density at radius 1 is 1.47 bits per heavy atom. The van der Waals surface area contributed by atoms with Crippen LogP contribution in [0.25, 0.3) is 5.57 Å². The van der Waals surface area contributed by atoms with E-state index in [1.54, 1.807) is 39.0 Å². The average molecular weight is 283 g/mol. The van der Waals surface area contributed by atoms with E-state index in [1.165, 1.54) is 0 Å². The van der Waals surface area contributed by atoms with Crippen LogP contribution in [-0.4, -0.2) is 18.2 Å². The molecule has 0 aliphatic carbocycles. The second-order valence-corrected chi connectivity index (χ2v) is 5.54. The summed E-state index contributed by atoms with van der Waals surface area (Å²) in [4.78, 5) is 11.7. The van der Waals surface area contributed by atoms with Crippen LogP contribution in [0.2, 0.25) is 5.02 Å². The molecule has 0 aromatic heterocycles. The second kappa shape index (κ2) is 6.08. The van der Waals surface area contributed by atoms with Crippen LogP contribution in [-0.2, 0) is 4.74 Å². The molecule has 0 aliphatic heterocycles. The minimum Gasteiger partial charge on any atom is -0.444 e. The Labute approximate surface area is 118 Å². The molecule has 3 N–H and O–H groups in total. The van der Waals surface area contributed by atoms with Gasteiger partial charge in [0, 0.05) is 6.54 Å². The number of hydrogen-bond donors (Lipinski definition) is 2. The number of carbonyl (C=O) groups is 1. The summed E-state index contributed by atoms with van der Waals surface area (Å²) < 4.78 is 5.17. The molecule has 0 aliphatic rings. The first-order valence-electron chi connectivity index (χ1n) is 5.90. The first-order chi connectivity index (χ1) is 8.73. The standard InChI is InChI=1S/C14H19ClN2O2/c1-9(8-16)10-5-6-11(15)12(7-10)17-13(18)19-14(2,3)4/h5-7H,1,8,16H2,2-4H3,(H,17,18). The fraction of sp³-hybridized carbons (Fsp3) is 0.357. The zero-order valence-corrected chi connectivity index (χ0v) is 12.2. The maximum atomic E-state index is 11.7. The monoisotopic (exact) mass is 282 g/mol. The first-order valence-corrected chi connectivity index (χ1v) is 6.28. The summed E-state index contributed by atoms with van der Waals surface area (Å²) in [6.45, 7) is 9.56. The highest BCUT2D eigenvalue weighted by molar-refractivity contribution is 6.33. The third-order valence-electron chi connectivity index (χ3n) is 2.26. The summed E-state index contributed by atoms with van der Waals surface area (Å²) in [5.41, 5.74) is 7.05. The zero-order chi connectivity index (χ0) is 14.6. The van der Waals surface area contributed by atoms with E-state index in [0.717, 1.165) is 11.1 Å². The van der Waals surface area contributed by atoms with Crippen molar-refractivity contribution in [3.8, 4) is 0 Å². The van der Waals surface area contributed by atoms with E-state index in [1.807, 2.05) is 0 Å². The van der Waals surface area contributed by atoms with Crippen molar-refractivity contribution in [1.82, 2.24) is 0 Å². The molecule has 0 saturated heterocycles. The summed E-state index contributed by atoms with van der Waals surface area (Å²) >= 11 is 6.03. The lowest BCUT2D eigenvalue weighted by Gasteiger charge is -2.20. The summed E-state index contributed by atoms with van der Waals surface area (Å²) in [5, 5.41) is 3.04. The van der Waals surface area contributed by atoms with Gasteiger partial charge in [0.15, 0.2) is 0 Å². The molecule has 0 heterocycles. The predicted molar refractivity (Wildman–Crippen MR) is 79.4 cm³/mol. The molecule has 0 saturated carbocycles. The molecule has 1 rings (SSSR count). The molecule has 0 fully saturated rings. The van der Waals surface area contributed by atoms with Crippen molar-refractivity contribution in [3.63, 3.8) is 0 Å². The van der Waals surface area contributed by atoms with E-state index in [9.17, 15) is 4.79 Å². The highest BCUT2D eigenvalue weighted by Gasteiger charge is 2.17. The molecule has 5 heteroatoms. The maximum absolute atomic E-state index is 11.7. The Hall–Kier alpha value is -1.52. The number of benzene rings is 1. The number of carbonyl (C=O) groups excluding carboxylic acids is 1. The molecule has 1 aromatic carbocycles. The lowest BCUT2D eigenvalue weighted by Crippen LogP contribution is -2.27. The van der Waals surface area contributed by atoms with Crippen LogP contribution < -0.4 is 11.1 Å². The molecular weight excluding hydrogens is 264 g/mol. The van der Waals surface area contributed by atoms with Gasteiger partial charge < -0.3 is 10.5 Å². The van der Waals surface area contributed by atoms with Gasteiger partial charge in [0.1, 0.15) is 5.60 Å². The molecule has 0 bridgehead atoms. The summed E-state index contributed by atoms with van der Waals surface area (Å²) in [7, 11) is 0. The van der Waals surface area contributed by atoms with Gasteiger partial charge in [-0.1, -0.05) is 24.2 Å². The molecule has 19 heavy (non-hydrogen) atoms. The van der Waals surface area contributed by atoms with Gasteiger partial charge in [-0.15, -0.1) is 0 Å². The van der Waals surface area contributed by atoms with Crippen LogP contribution >= 0.6 is 11.6 Å². The van der Waals surface area contributed by atoms with E-state index < -0.39 is 11.7 Å². The number of hydrogen-bond acceptors (Lipinski definition) is 3. The summed E-state index contributed by atoms with van der Waals surface area (Å²) in [6.07, 6.45) is -0.551. The van der Waals surface area contributed by atoms with Crippen LogP contribution in [0.4, 0.5) is 10.5 Å². The van der Waals surface area contributed by atoms with E-state index >= 15 is 0 Å². The largest absolute Gasteiger partial charge is 0.444 e. The number of nitrogens with two attached hydrogens (primary N) is 1. The molecule has 0 atom stereocenters. The Morgan fingerprint density at radius 3 is 2.63 bits per heavy atom. The van der Waals surface area contributed by atoms with Crippen LogP contribution in [0.3, 0.4) is 0 Å². The fourth-order valence-corrected chi connectivity index (χ4v) is 1.54. The highest BCUT2D eigenvalue weighted by Crippen LogP contribution is 2.26. The van der Waals surface area contributed by atoms with Gasteiger partial charge in [-0.25, -0.2) is 4.79 Å². The second-order valence-electron chi connectivity index (χ2n) is 5.13. The number of nitrogens with one attached hydrogen (secondary N) is 1. The summed E-state index contributed by atoms with van der Waals surface area (Å²) in [5.74, 6) is 0. The Balaban J connectivity index is 2.88. The van der Waals surface area contributed by atoms with E-state index in [0.29, 0.717) is 17.3 Å². The van der Waals surface area contributed by atoms with Crippen LogP contribution in [0.1, 0.15) is 26.3 Å². The van der Waals surface area contributed by atoms with Crippen molar-refractivity contribution in [2.75, 3.05) is 11.9 Å². The topological polar surface area (TPSA) is 64.3 Å². The number of halogens is 1. The third-order valence-corrected chi connectivity index (χ3v) is 2.59. The van der Waals surface area contributed by atoms with Crippen molar-refractivity contribution in [1.29, 1.82) is 0 Å². The van der Waals surface area contributed by atoms with E-state index in [2.05, 4.69) is 11.9 Å². The summed E-state index contributed by atoms with van der Waals surface area (Å²) in [6, 6.07) is 5.21. The third kappa shape index (κ3) is 4.93. The van der Waals surface area contributed by atoms with E-state index in [-0.39, 0.29) is 0 Å². The lowest BCUT2D eigenvalue weighted by atomic mass is 10.1. The molecule has 0 unspecified atom stereocenters. The average Bonchev–Trinajstić information content (AvgIpc) is 2.28. The smallest absolute Gasteiger partial charge is 0.412 e. The van der Waals surface area contributed by atoms with Gasteiger partial charge in [0.2, 0.25) is 0 Å². The van der Waals surface area contributed by atoms with Crippen molar-refractivity contribution in [2.24, 2.45) is 5.73 Å². The van der Waals surface area contributed by atoms with Crippen molar-refractivity contribution >= 4 is 29.0 Å². The molecular formula is C14H19ClN2O2. The van der Waals surface area contributed by atoms with Crippen molar-refractivity contribution in [2.45, 2.75) is 26.4 Å². The minimum absolute atomic E-state index is 0.341. The molecule has 0 radical (unpaired) electrons. The van der Waals surface area contributed by atoms with Gasteiger partial charge in [-0.05, 0) is 44.0 Å². The first kappa shape index (κ1) is 15.5. The van der Waals surface area contributed by atoms with Crippen molar-refractivity contribution in [3.05, 3.63) is 35.4 Å². The highest BCUT2D eigenvalue weighted by atomic mass is 35.5. The molecule has 1 aromatic rings. The normalized spacial score (nSPS) is 11.0. The molecule has 4 nitrogen and oxygen atoms in total. The van der Waals surface area contributed by atoms with Crippen LogP contribution in [0.15, 0.2) is 24.8 Å². The van der Waals surface area contributed by atoms with Gasteiger partial charge in [0.25, 0.3) is 0 Å². The number of ether oxygens (including phenoxy) is 1. The van der Waals surface area contributed by atoms with Crippen LogP contribution in [0, 0.1) is 0 Å². The van der Waals surface area contributed by atoms with Gasteiger partial charge in [-0.3, -0.25) is 5.32 Å². The maximum Gasteiger partial charge on any atom is 0.412 e. The minimum atomic E-state index is -0.560.